The third kappa shape index (κ3) is 2.72. The predicted molar refractivity (Wildman–Crippen MR) is 80.5 cm³/mol. The maximum Gasteiger partial charge on any atom is 0.296 e. The van der Waals surface area contributed by atoms with Gasteiger partial charge in [0.05, 0.1) is 11.4 Å². The fourth-order valence-corrected chi connectivity index (χ4v) is 2.74. The first-order valence-corrected chi connectivity index (χ1v) is 7.80. The van der Waals surface area contributed by atoms with E-state index in [1.54, 1.807) is 30.5 Å². The van der Waals surface area contributed by atoms with Gasteiger partial charge in [0.25, 0.3) is 10.1 Å². The minimum Gasteiger partial charge on any atom is -0.282 e. The first kappa shape index (κ1) is 14.3. The fraction of sp³-hybridized carbons (Fsp3) is 0. The molecule has 0 amide bonds. The maximum absolute atomic E-state index is 11.5. The molecule has 3 rings (SSSR count). The van der Waals surface area contributed by atoms with Gasteiger partial charge in [0.1, 0.15) is 10.6 Å². The summed E-state index contributed by atoms with van der Waals surface area (Å²) in [4.78, 5) is 12.3. The molecule has 0 unspecified atom stereocenters. The molecule has 0 aliphatic rings. The molecule has 0 spiro atoms. The van der Waals surface area contributed by atoms with E-state index in [9.17, 15) is 13.0 Å². The number of hydrogen-bond donors (Lipinski definition) is 1. The molecule has 3 aromatic rings. The molecule has 0 aliphatic heterocycles. The van der Waals surface area contributed by atoms with E-state index in [4.69, 9.17) is 0 Å². The largest absolute Gasteiger partial charge is 0.296 e. The quantitative estimate of drug-likeness (QED) is 0.747. The monoisotopic (exact) mass is 313 g/mol. The lowest BCUT2D eigenvalue weighted by Gasteiger charge is -2.09. The molecule has 0 bridgehead atoms. The van der Waals surface area contributed by atoms with Gasteiger partial charge >= 0.3 is 0 Å². The van der Waals surface area contributed by atoms with Crippen LogP contribution in [0.3, 0.4) is 0 Å². The molecule has 0 fully saturated rings. The SMILES string of the molecule is O=S(=O)(O)c1cccnc1-c1ncccc1-c1ccccn1. The average molecular weight is 313 g/mol. The van der Waals surface area contributed by atoms with Gasteiger partial charge in [0, 0.05) is 24.2 Å². The molecule has 0 saturated carbocycles. The summed E-state index contributed by atoms with van der Waals surface area (Å²) in [5.41, 5.74) is 1.70. The molecule has 0 aliphatic carbocycles. The van der Waals surface area contributed by atoms with E-state index in [1.807, 2.05) is 6.07 Å². The van der Waals surface area contributed by atoms with Gasteiger partial charge in [-0.05, 0) is 36.4 Å². The van der Waals surface area contributed by atoms with Crippen molar-refractivity contribution in [2.24, 2.45) is 0 Å². The van der Waals surface area contributed by atoms with Gasteiger partial charge in [-0.2, -0.15) is 8.42 Å². The van der Waals surface area contributed by atoms with Crippen molar-refractivity contribution in [3.05, 3.63) is 61.1 Å². The van der Waals surface area contributed by atoms with Crippen molar-refractivity contribution in [3.63, 3.8) is 0 Å². The minimum atomic E-state index is -4.40. The number of nitrogens with zero attached hydrogens (tertiary/aromatic N) is 3. The highest BCUT2D eigenvalue weighted by Crippen LogP contribution is 2.31. The lowest BCUT2D eigenvalue weighted by molar-refractivity contribution is 0.483. The summed E-state index contributed by atoms with van der Waals surface area (Å²) in [5, 5.41) is 0. The molecule has 22 heavy (non-hydrogen) atoms. The Kier molecular flexibility index (Phi) is 3.66. The average Bonchev–Trinajstić information content (AvgIpc) is 2.55. The third-order valence-electron chi connectivity index (χ3n) is 3.02. The Morgan fingerprint density at radius 1 is 0.773 bits per heavy atom. The summed E-state index contributed by atoms with van der Waals surface area (Å²) in [6, 6.07) is 11.6. The molecule has 3 heterocycles. The maximum atomic E-state index is 11.5. The van der Waals surface area contributed by atoms with E-state index >= 15 is 0 Å². The van der Waals surface area contributed by atoms with Gasteiger partial charge in [-0.15, -0.1) is 0 Å². The Hall–Kier alpha value is -2.64. The van der Waals surface area contributed by atoms with Crippen LogP contribution >= 0.6 is 0 Å². The van der Waals surface area contributed by atoms with Crippen LogP contribution in [0, 0.1) is 0 Å². The number of hydrogen-bond acceptors (Lipinski definition) is 5. The van der Waals surface area contributed by atoms with Crippen LogP contribution in [-0.2, 0) is 10.1 Å². The number of pyridine rings is 3. The summed E-state index contributed by atoms with van der Waals surface area (Å²) in [7, 11) is -4.40. The second-order valence-corrected chi connectivity index (χ2v) is 5.83. The van der Waals surface area contributed by atoms with Crippen LogP contribution < -0.4 is 0 Å². The number of aromatic nitrogens is 3. The van der Waals surface area contributed by atoms with E-state index in [0.29, 0.717) is 17.0 Å². The van der Waals surface area contributed by atoms with Gasteiger partial charge in [-0.25, -0.2) is 0 Å². The van der Waals surface area contributed by atoms with E-state index in [1.165, 1.54) is 24.5 Å². The second kappa shape index (κ2) is 5.63. The zero-order chi connectivity index (χ0) is 15.6. The molecule has 3 aromatic heterocycles. The van der Waals surface area contributed by atoms with Crippen molar-refractivity contribution >= 4 is 10.1 Å². The molecule has 0 atom stereocenters. The van der Waals surface area contributed by atoms with E-state index in [2.05, 4.69) is 15.0 Å². The van der Waals surface area contributed by atoms with Crippen molar-refractivity contribution in [3.8, 4) is 22.6 Å². The molecule has 0 radical (unpaired) electrons. The lowest BCUT2D eigenvalue weighted by atomic mass is 10.1. The lowest BCUT2D eigenvalue weighted by Crippen LogP contribution is -2.04. The van der Waals surface area contributed by atoms with E-state index < -0.39 is 10.1 Å². The van der Waals surface area contributed by atoms with Gasteiger partial charge in [0.2, 0.25) is 0 Å². The smallest absolute Gasteiger partial charge is 0.282 e. The summed E-state index contributed by atoms with van der Waals surface area (Å²) in [5.74, 6) is 0. The van der Waals surface area contributed by atoms with E-state index in [-0.39, 0.29) is 10.6 Å². The fourth-order valence-electron chi connectivity index (χ4n) is 2.10. The summed E-state index contributed by atoms with van der Waals surface area (Å²) in [6.45, 7) is 0. The third-order valence-corrected chi connectivity index (χ3v) is 3.91. The molecular weight excluding hydrogens is 302 g/mol. The Morgan fingerprint density at radius 3 is 2.14 bits per heavy atom. The molecule has 0 saturated heterocycles. The van der Waals surface area contributed by atoms with Gasteiger partial charge < -0.3 is 0 Å². The molecule has 110 valence electrons. The highest BCUT2D eigenvalue weighted by molar-refractivity contribution is 7.86. The highest BCUT2D eigenvalue weighted by Gasteiger charge is 2.21. The first-order chi connectivity index (χ1) is 10.6. The standard InChI is InChI=1S/C15H11N3O3S/c19-22(20,21)13-7-4-10-18-15(13)14-11(5-3-9-17-14)12-6-1-2-8-16-12/h1-10H,(H,19,20,21). The van der Waals surface area contributed by atoms with Gasteiger partial charge in [0.15, 0.2) is 0 Å². The summed E-state index contributed by atoms with van der Waals surface area (Å²) in [6.07, 6.45) is 4.61. The van der Waals surface area contributed by atoms with Crippen molar-refractivity contribution in [1.29, 1.82) is 0 Å². The van der Waals surface area contributed by atoms with Crippen molar-refractivity contribution in [2.75, 3.05) is 0 Å². The van der Waals surface area contributed by atoms with Crippen molar-refractivity contribution in [1.82, 2.24) is 15.0 Å². The van der Waals surface area contributed by atoms with Crippen molar-refractivity contribution in [2.45, 2.75) is 4.90 Å². The van der Waals surface area contributed by atoms with Crippen LogP contribution in [0.25, 0.3) is 22.6 Å². The van der Waals surface area contributed by atoms with Crippen LogP contribution in [0.1, 0.15) is 0 Å². The van der Waals surface area contributed by atoms with Crippen LogP contribution in [0.5, 0.6) is 0 Å². The molecule has 6 nitrogen and oxygen atoms in total. The topological polar surface area (TPSA) is 93.0 Å². The van der Waals surface area contributed by atoms with Gasteiger partial charge in [-0.1, -0.05) is 6.07 Å². The summed E-state index contributed by atoms with van der Waals surface area (Å²) < 4.78 is 32.5. The normalized spacial score (nSPS) is 11.3. The van der Waals surface area contributed by atoms with E-state index in [0.717, 1.165) is 0 Å². The molecule has 0 aromatic carbocycles. The predicted octanol–water partition coefficient (Wildman–Crippen LogP) is 2.45. The molecular formula is C15H11N3O3S. The van der Waals surface area contributed by atoms with Crippen LogP contribution in [-0.4, -0.2) is 27.9 Å². The Morgan fingerprint density at radius 2 is 1.45 bits per heavy atom. The Balaban J connectivity index is 2.28. The molecule has 7 heteroatoms. The van der Waals surface area contributed by atoms with Crippen molar-refractivity contribution < 1.29 is 13.0 Å². The highest BCUT2D eigenvalue weighted by atomic mass is 32.2. The molecule has 1 N–H and O–H groups in total. The minimum absolute atomic E-state index is 0.0891. The van der Waals surface area contributed by atoms with Gasteiger partial charge in [-0.3, -0.25) is 19.5 Å². The van der Waals surface area contributed by atoms with Crippen LogP contribution in [0.4, 0.5) is 0 Å². The Labute approximate surface area is 127 Å². The van der Waals surface area contributed by atoms with Crippen LogP contribution in [0.15, 0.2) is 66.0 Å². The summed E-state index contributed by atoms with van der Waals surface area (Å²) >= 11 is 0. The second-order valence-electron chi connectivity index (χ2n) is 4.44. The zero-order valence-electron chi connectivity index (χ0n) is 11.3. The first-order valence-electron chi connectivity index (χ1n) is 6.36. The van der Waals surface area contributed by atoms with Crippen LogP contribution in [0.2, 0.25) is 0 Å². The number of rotatable bonds is 3. The Bertz CT molecular complexity index is 912. The zero-order valence-corrected chi connectivity index (χ0v) is 12.1.